The van der Waals surface area contributed by atoms with E-state index in [9.17, 15) is 9.59 Å². The molecule has 150 valence electrons. The number of hydrogen-bond acceptors (Lipinski definition) is 3. The first-order valence-corrected chi connectivity index (χ1v) is 9.76. The summed E-state index contributed by atoms with van der Waals surface area (Å²) in [6.07, 6.45) is 3.71. The Morgan fingerprint density at radius 3 is 2.70 bits per heavy atom. The van der Waals surface area contributed by atoms with Crippen LogP contribution in [0.5, 0.6) is 0 Å². The van der Waals surface area contributed by atoms with E-state index in [0.29, 0.717) is 21.9 Å². The van der Waals surface area contributed by atoms with Gasteiger partial charge >= 0.3 is 0 Å². The van der Waals surface area contributed by atoms with Gasteiger partial charge in [-0.2, -0.15) is 0 Å². The molecule has 3 N–H and O–H groups in total. The summed E-state index contributed by atoms with van der Waals surface area (Å²) in [5.74, 6) is -0.319. The van der Waals surface area contributed by atoms with Crippen molar-refractivity contribution in [2.75, 3.05) is 12.4 Å². The zero-order valence-electron chi connectivity index (χ0n) is 16.2. The number of nitrogens with zero attached hydrogens (tertiary/aromatic N) is 1. The van der Waals surface area contributed by atoms with Crippen molar-refractivity contribution in [3.63, 3.8) is 0 Å². The molecule has 0 saturated heterocycles. The van der Waals surface area contributed by atoms with Gasteiger partial charge in [0, 0.05) is 36.0 Å². The van der Waals surface area contributed by atoms with E-state index in [2.05, 4.69) is 20.6 Å². The molecule has 0 unspecified atom stereocenters. The first-order chi connectivity index (χ1) is 14.5. The van der Waals surface area contributed by atoms with Crippen molar-refractivity contribution < 1.29 is 9.59 Å². The van der Waals surface area contributed by atoms with E-state index < -0.39 is 0 Å². The Labute approximate surface area is 178 Å². The van der Waals surface area contributed by atoms with Crippen LogP contribution in [0.4, 0.5) is 5.69 Å². The van der Waals surface area contributed by atoms with E-state index in [1.54, 1.807) is 37.6 Å². The molecule has 0 bridgehead atoms. The number of para-hydroxylation sites is 1. The lowest BCUT2D eigenvalue weighted by Gasteiger charge is -2.07. The lowest BCUT2D eigenvalue weighted by atomic mass is 10.0. The van der Waals surface area contributed by atoms with Crippen LogP contribution in [-0.4, -0.2) is 28.8 Å². The van der Waals surface area contributed by atoms with Gasteiger partial charge in [0.25, 0.3) is 5.91 Å². The highest BCUT2D eigenvalue weighted by molar-refractivity contribution is 6.33. The second kappa shape index (κ2) is 8.39. The second-order valence-corrected chi connectivity index (χ2v) is 7.21. The van der Waals surface area contributed by atoms with Crippen LogP contribution < -0.4 is 10.6 Å². The normalized spacial score (nSPS) is 10.7. The lowest BCUT2D eigenvalue weighted by molar-refractivity contribution is -0.115. The van der Waals surface area contributed by atoms with Crippen LogP contribution in [-0.2, 0) is 11.2 Å². The van der Waals surface area contributed by atoms with Crippen LogP contribution in [0.3, 0.4) is 0 Å². The minimum atomic E-state index is -0.170. The van der Waals surface area contributed by atoms with Gasteiger partial charge in [0.1, 0.15) is 5.65 Å². The predicted molar refractivity (Wildman–Crippen MR) is 119 cm³/mol. The van der Waals surface area contributed by atoms with Crippen LogP contribution in [0, 0.1) is 0 Å². The molecule has 0 aliphatic carbocycles. The number of nitrogens with one attached hydrogen (secondary N) is 3. The average molecular weight is 419 g/mol. The second-order valence-electron chi connectivity index (χ2n) is 6.80. The van der Waals surface area contributed by atoms with Gasteiger partial charge in [-0.15, -0.1) is 0 Å². The SMILES string of the molecule is CNC(=O)c1cccc(-c2cnc3[nH]cc(CC(=O)Nc4ccccc4Cl)c3c2)c1. The maximum Gasteiger partial charge on any atom is 0.251 e. The van der Waals surface area contributed by atoms with Crippen molar-refractivity contribution in [3.8, 4) is 11.1 Å². The van der Waals surface area contributed by atoms with Crippen molar-refractivity contribution in [3.05, 3.63) is 83.1 Å². The summed E-state index contributed by atoms with van der Waals surface area (Å²) < 4.78 is 0. The zero-order chi connectivity index (χ0) is 21.1. The van der Waals surface area contributed by atoms with Crippen LogP contribution in [0.15, 0.2) is 67.0 Å². The third-order valence-corrected chi connectivity index (χ3v) is 5.13. The van der Waals surface area contributed by atoms with Gasteiger partial charge in [-0.25, -0.2) is 4.98 Å². The average Bonchev–Trinajstić information content (AvgIpc) is 3.16. The van der Waals surface area contributed by atoms with Gasteiger partial charge in [0.05, 0.1) is 17.1 Å². The molecular formula is C23H19ClN4O2. The predicted octanol–water partition coefficient (Wildman–Crippen LogP) is 4.42. The number of halogens is 1. The van der Waals surface area contributed by atoms with Crippen LogP contribution in [0.1, 0.15) is 15.9 Å². The molecule has 0 aliphatic rings. The topological polar surface area (TPSA) is 86.9 Å². The molecule has 2 amide bonds. The number of fused-ring (bicyclic) bond motifs is 1. The van der Waals surface area contributed by atoms with Gasteiger partial charge in [0.15, 0.2) is 0 Å². The highest BCUT2D eigenvalue weighted by atomic mass is 35.5. The first kappa shape index (κ1) is 19.7. The van der Waals surface area contributed by atoms with Gasteiger partial charge in [-0.1, -0.05) is 35.9 Å². The van der Waals surface area contributed by atoms with Gasteiger partial charge in [0.2, 0.25) is 5.91 Å². The number of hydrogen-bond donors (Lipinski definition) is 3. The van der Waals surface area contributed by atoms with E-state index in [4.69, 9.17) is 11.6 Å². The summed E-state index contributed by atoms with van der Waals surface area (Å²) in [4.78, 5) is 32.0. The fraction of sp³-hybridized carbons (Fsp3) is 0.0870. The van der Waals surface area contributed by atoms with Crippen molar-refractivity contribution in [1.29, 1.82) is 0 Å². The lowest BCUT2D eigenvalue weighted by Crippen LogP contribution is -2.17. The van der Waals surface area contributed by atoms with Gasteiger partial charge in [-0.05, 0) is 41.5 Å². The molecule has 7 heteroatoms. The number of aromatic nitrogens is 2. The maximum atomic E-state index is 12.5. The molecule has 2 aromatic heterocycles. The number of H-pyrrole nitrogens is 1. The highest BCUT2D eigenvalue weighted by Crippen LogP contribution is 2.26. The molecule has 0 spiro atoms. The summed E-state index contributed by atoms with van der Waals surface area (Å²) in [5, 5.41) is 6.81. The van der Waals surface area contributed by atoms with Gasteiger partial charge < -0.3 is 15.6 Å². The summed E-state index contributed by atoms with van der Waals surface area (Å²) in [5.41, 5.74) is 4.41. The number of rotatable bonds is 5. The third kappa shape index (κ3) is 4.04. The summed E-state index contributed by atoms with van der Waals surface area (Å²) in [6.45, 7) is 0. The van der Waals surface area contributed by atoms with E-state index in [-0.39, 0.29) is 18.2 Å². The fourth-order valence-electron chi connectivity index (χ4n) is 3.28. The minimum absolute atomic E-state index is 0.149. The molecule has 0 radical (unpaired) electrons. The molecule has 0 atom stereocenters. The molecule has 30 heavy (non-hydrogen) atoms. The summed E-state index contributed by atoms with van der Waals surface area (Å²) in [6, 6.07) is 16.4. The molecule has 4 aromatic rings. The summed E-state index contributed by atoms with van der Waals surface area (Å²) in [7, 11) is 1.60. The first-order valence-electron chi connectivity index (χ1n) is 9.38. The molecule has 0 saturated carbocycles. The van der Waals surface area contributed by atoms with E-state index in [1.165, 1.54) is 0 Å². The minimum Gasteiger partial charge on any atom is -0.355 e. The van der Waals surface area contributed by atoms with Crippen LogP contribution in [0.25, 0.3) is 22.2 Å². The molecule has 0 fully saturated rings. The van der Waals surface area contributed by atoms with E-state index in [0.717, 1.165) is 22.1 Å². The van der Waals surface area contributed by atoms with Gasteiger partial charge in [-0.3, -0.25) is 9.59 Å². The van der Waals surface area contributed by atoms with Crippen LogP contribution >= 0.6 is 11.6 Å². The molecule has 6 nitrogen and oxygen atoms in total. The quantitative estimate of drug-likeness (QED) is 0.448. The number of pyridine rings is 1. The number of aromatic amines is 1. The van der Waals surface area contributed by atoms with Crippen LogP contribution in [0.2, 0.25) is 5.02 Å². The fourth-order valence-corrected chi connectivity index (χ4v) is 3.46. The third-order valence-electron chi connectivity index (χ3n) is 4.80. The molecule has 0 aliphatic heterocycles. The Hall–Kier alpha value is -3.64. The number of benzene rings is 2. The molecule has 2 heterocycles. The van der Waals surface area contributed by atoms with Crippen molar-refractivity contribution >= 4 is 40.1 Å². The Kier molecular flexibility index (Phi) is 5.50. The molecular weight excluding hydrogens is 400 g/mol. The smallest absolute Gasteiger partial charge is 0.251 e. The zero-order valence-corrected chi connectivity index (χ0v) is 17.0. The highest BCUT2D eigenvalue weighted by Gasteiger charge is 2.13. The van der Waals surface area contributed by atoms with E-state index >= 15 is 0 Å². The standard InChI is InChI=1S/C23H19ClN4O2/c1-25-23(30)15-6-4-5-14(9-15)16-10-18-17(13-27-22(18)26-12-16)11-21(29)28-20-8-3-2-7-19(20)24/h2-10,12-13H,11H2,1H3,(H,25,30)(H,26,27)(H,28,29). The number of carbonyl (C=O) groups is 2. The Morgan fingerprint density at radius 2 is 1.90 bits per heavy atom. The maximum absolute atomic E-state index is 12.5. The number of carbonyl (C=O) groups excluding carboxylic acids is 2. The molecule has 2 aromatic carbocycles. The number of anilines is 1. The van der Waals surface area contributed by atoms with Crippen molar-refractivity contribution in [2.24, 2.45) is 0 Å². The largest absolute Gasteiger partial charge is 0.355 e. The van der Waals surface area contributed by atoms with E-state index in [1.807, 2.05) is 36.4 Å². The Balaban J connectivity index is 1.61. The Morgan fingerprint density at radius 1 is 1.07 bits per heavy atom. The number of amides is 2. The molecule has 4 rings (SSSR count). The summed E-state index contributed by atoms with van der Waals surface area (Å²) >= 11 is 6.12. The van der Waals surface area contributed by atoms with Crippen molar-refractivity contribution in [2.45, 2.75) is 6.42 Å². The van der Waals surface area contributed by atoms with Crippen molar-refractivity contribution in [1.82, 2.24) is 15.3 Å². The monoisotopic (exact) mass is 418 g/mol. The Bertz CT molecular complexity index is 1250.